The minimum Gasteiger partial charge on any atom is -0.363 e. The third-order valence-electron chi connectivity index (χ3n) is 5.45. The number of rotatable bonds is 7. The van der Waals surface area contributed by atoms with Crippen LogP contribution in [0.5, 0.6) is 0 Å². The van der Waals surface area contributed by atoms with E-state index in [0.717, 1.165) is 44.2 Å². The number of hydrogen-bond donors (Lipinski definition) is 1. The summed E-state index contributed by atoms with van der Waals surface area (Å²) in [5.41, 5.74) is 1.07. The first kappa shape index (κ1) is 22.2. The molecule has 1 heterocycles. The third-order valence-corrected chi connectivity index (χ3v) is 5.45. The Hall–Kier alpha value is -2.54. The Labute approximate surface area is 175 Å². The lowest BCUT2D eigenvalue weighted by Crippen LogP contribution is -2.47. The quantitative estimate of drug-likeness (QED) is 0.726. The number of carbonyl (C=O) groups excluding carboxylic acids is 1. The number of hydrogen-bond acceptors (Lipinski definition) is 3. The van der Waals surface area contributed by atoms with Crippen molar-refractivity contribution in [2.45, 2.75) is 38.5 Å². The van der Waals surface area contributed by atoms with E-state index in [2.05, 4.69) is 10.2 Å². The van der Waals surface area contributed by atoms with Crippen molar-refractivity contribution >= 4 is 11.6 Å². The molecule has 0 saturated carbocycles. The van der Waals surface area contributed by atoms with E-state index in [-0.39, 0.29) is 11.9 Å². The van der Waals surface area contributed by atoms with Gasteiger partial charge in [0.15, 0.2) is 0 Å². The summed E-state index contributed by atoms with van der Waals surface area (Å²) in [5.74, 6) is -0.00275. The molecule has 1 N–H and O–H groups in total. The number of likely N-dealkylation sites (N-methyl/N-ethyl adjacent to an activating group) is 1. The molecular formula is C23H28F3N3O. The first-order valence-corrected chi connectivity index (χ1v) is 10.3. The standard InChI is InChI=1S/C23H28F3N3O/c1-2-29(21-9-4-3-5-10-21)17-22(30)27-20-11-13-28(14-12-20)16-18-7-6-8-19(15-18)23(24,25)26/h3-10,15,20H,2,11-14,16-17H2,1H3,(H,27,30). The lowest BCUT2D eigenvalue weighted by Gasteiger charge is -2.33. The summed E-state index contributed by atoms with van der Waals surface area (Å²) in [4.78, 5) is 16.7. The van der Waals surface area contributed by atoms with Crippen LogP contribution in [0.3, 0.4) is 0 Å². The molecule has 0 bridgehead atoms. The molecule has 1 saturated heterocycles. The average molecular weight is 419 g/mol. The number of amides is 1. The molecule has 0 aromatic heterocycles. The van der Waals surface area contributed by atoms with Crippen LogP contribution in [0.15, 0.2) is 54.6 Å². The zero-order chi connectivity index (χ0) is 21.6. The number of carbonyl (C=O) groups is 1. The molecule has 2 aromatic carbocycles. The second-order valence-electron chi connectivity index (χ2n) is 7.67. The molecule has 1 aliphatic heterocycles. The number of nitrogens with one attached hydrogen (secondary N) is 1. The smallest absolute Gasteiger partial charge is 0.363 e. The normalized spacial score (nSPS) is 15.7. The molecule has 0 radical (unpaired) electrons. The van der Waals surface area contributed by atoms with Crippen molar-refractivity contribution in [1.29, 1.82) is 0 Å². The predicted octanol–water partition coefficient (Wildman–Crippen LogP) is 4.31. The van der Waals surface area contributed by atoms with Gasteiger partial charge in [0.05, 0.1) is 12.1 Å². The van der Waals surface area contributed by atoms with Crippen molar-refractivity contribution in [2.75, 3.05) is 31.1 Å². The second kappa shape index (κ2) is 9.98. The van der Waals surface area contributed by atoms with E-state index >= 15 is 0 Å². The molecule has 0 atom stereocenters. The summed E-state index contributed by atoms with van der Waals surface area (Å²) in [5, 5.41) is 3.11. The van der Waals surface area contributed by atoms with Gasteiger partial charge in [0.1, 0.15) is 0 Å². The number of likely N-dealkylation sites (tertiary alicyclic amines) is 1. The van der Waals surface area contributed by atoms with Crippen LogP contribution in [0.4, 0.5) is 18.9 Å². The molecule has 0 spiro atoms. The zero-order valence-electron chi connectivity index (χ0n) is 17.2. The molecule has 1 fully saturated rings. The van der Waals surface area contributed by atoms with Crippen LogP contribution in [0.25, 0.3) is 0 Å². The highest BCUT2D eigenvalue weighted by molar-refractivity contribution is 5.81. The Balaban J connectivity index is 1.46. The van der Waals surface area contributed by atoms with E-state index in [0.29, 0.717) is 18.7 Å². The molecule has 0 unspecified atom stereocenters. The number of anilines is 1. The maximum Gasteiger partial charge on any atom is 0.416 e. The average Bonchev–Trinajstić information content (AvgIpc) is 2.74. The highest BCUT2D eigenvalue weighted by Gasteiger charge is 2.30. The largest absolute Gasteiger partial charge is 0.416 e. The molecule has 30 heavy (non-hydrogen) atoms. The van der Waals surface area contributed by atoms with Crippen LogP contribution in [0.1, 0.15) is 30.9 Å². The Morgan fingerprint density at radius 3 is 2.43 bits per heavy atom. The Morgan fingerprint density at radius 1 is 1.10 bits per heavy atom. The Kier molecular flexibility index (Phi) is 7.37. The van der Waals surface area contributed by atoms with Gasteiger partial charge >= 0.3 is 6.18 Å². The van der Waals surface area contributed by atoms with Crippen molar-refractivity contribution in [3.63, 3.8) is 0 Å². The van der Waals surface area contributed by atoms with E-state index in [1.54, 1.807) is 6.07 Å². The van der Waals surface area contributed by atoms with Crippen LogP contribution in [0.2, 0.25) is 0 Å². The van der Waals surface area contributed by atoms with E-state index < -0.39 is 11.7 Å². The minimum absolute atomic E-state index is 0.00275. The van der Waals surface area contributed by atoms with Crippen LogP contribution in [0, 0.1) is 0 Å². The van der Waals surface area contributed by atoms with E-state index in [9.17, 15) is 18.0 Å². The van der Waals surface area contributed by atoms with Crippen molar-refractivity contribution < 1.29 is 18.0 Å². The fourth-order valence-corrected chi connectivity index (χ4v) is 3.81. The number of benzene rings is 2. The first-order chi connectivity index (χ1) is 14.3. The lowest BCUT2D eigenvalue weighted by atomic mass is 10.0. The maximum absolute atomic E-state index is 12.9. The highest BCUT2D eigenvalue weighted by atomic mass is 19.4. The van der Waals surface area contributed by atoms with Crippen LogP contribution in [-0.2, 0) is 17.5 Å². The number of para-hydroxylation sites is 1. The van der Waals surface area contributed by atoms with Crippen LogP contribution < -0.4 is 10.2 Å². The van der Waals surface area contributed by atoms with Gasteiger partial charge in [0.2, 0.25) is 5.91 Å². The topological polar surface area (TPSA) is 35.6 Å². The van der Waals surface area contributed by atoms with E-state index in [1.165, 1.54) is 12.1 Å². The van der Waals surface area contributed by atoms with Crippen molar-refractivity contribution in [3.05, 3.63) is 65.7 Å². The predicted molar refractivity (Wildman–Crippen MR) is 112 cm³/mol. The van der Waals surface area contributed by atoms with E-state index in [1.807, 2.05) is 42.2 Å². The summed E-state index contributed by atoms with van der Waals surface area (Å²) < 4.78 is 38.7. The summed E-state index contributed by atoms with van der Waals surface area (Å²) >= 11 is 0. The van der Waals surface area contributed by atoms with Crippen molar-refractivity contribution in [1.82, 2.24) is 10.2 Å². The van der Waals surface area contributed by atoms with Gasteiger partial charge in [-0.1, -0.05) is 36.4 Å². The van der Waals surface area contributed by atoms with Crippen LogP contribution >= 0.6 is 0 Å². The maximum atomic E-state index is 12.9. The minimum atomic E-state index is -4.32. The number of halogens is 3. The molecule has 4 nitrogen and oxygen atoms in total. The number of alkyl halides is 3. The molecule has 162 valence electrons. The summed E-state index contributed by atoms with van der Waals surface area (Å²) in [7, 11) is 0. The third kappa shape index (κ3) is 6.23. The monoisotopic (exact) mass is 419 g/mol. The van der Waals surface area contributed by atoms with Gasteiger partial charge in [-0.2, -0.15) is 13.2 Å². The molecule has 1 amide bonds. The van der Waals surface area contributed by atoms with Gasteiger partial charge in [-0.3, -0.25) is 9.69 Å². The zero-order valence-corrected chi connectivity index (χ0v) is 17.2. The molecule has 1 aliphatic rings. The number of nitrogens with zero attached hydrogens (tertiary/aromatic N) is 2. The Bertz CT molecular complexity index is 818. The van der Waals surface area contributed by atoms with Gasteiger partial charge in [-0.15, -0.1) is 0 Å². The second-order valence-corrected chi connectivity index (χ2v) is 7.67. The van der Waals surface area contributed by atoms with Crippen molar-refractivity contribution in [3.8, 4) is 0 Å². The van der Waals surface area contributed by atoms with Gasteiger partial charge in [0.25, 0.3) is 0 Å². The van der Waals surface area contributed by atoms with Gasteiger partial charge in [0, 0.05) is 37.9 Å². The summed E-state index contributed by atoms with van der Waals surface area (Å²) in [6, 6.07) is 15.4. The van der Waals surface area contributed by atoms with Crippen LogP contribution in [-0.4, -0.2) is 43.0 Å². The molecule has 0 aliphatic carbocycles. The molecule has 2 aromatic rings. The van der Waals surface area contributed by atoms with Gasteiger partial charge in [-0.25, -0.2) is 0 Å². The highest BCUT2D eigenvalue weighted by Crippen LogP contribution is 2.30. The number of piperidine rings is 1. The van der Waals surface area contributed by atoms with Crippen molar-refractivity contribution in [2.24, 2.45) is 0 Å². The van der Waals surface area contributed by atoms with E-state index in [4.69, 9.17) is 0 Å². The van der Waals surface area contributed by atoms with Gasteiger partial charge in [-0.05, 0) is 43.5 Å². The lowest BCUT2D eigenvalue weighted by molar-refractivity contribution is -0.137. The molecule has 7 heteroatoms. The summed E-state index contributed by atoms with van der Waals surface area (Å²) in [6.07, 6.45) is -2.73. The molecular weight excluding hydrogens is 391 g/mol. The molecule has 3 rings (SSSR count). The van der Waals surface area contributed by atoms with Gasteiger partial charge < -0.3 is 10.2 Å². The fraction of sp³-hybridized carbons (Fsp3) is 0.435. The fourth-order valence-electron chi connectivity index (χ4n) is 3.81. The SMILES string of the molecule is CCN(CC(=O)NC1CCN(Cc2cccc(C(F)(F)F)c2)CC1)c1ccccc1. The summed E-state index contributed by atoms with van der Waals surface area (Å²) in [6.45, 7) is 5.06. The Morgan fingerprint density at radius 2 is 1.80 bits per heavy atom. The first-order valence-electron chi connectivity index (χ1n) is 10.3.